The highest BCUT2D eigenvalue weighted by Gasteiger charge is 2.27. The number of halogens is 1. The molecule has 5 rings (SSSR count). The summed E-state index contributed by atoms with van der Waals surface area (Å²) in [5, 5.41) is 5.66. The number of carbonyl (C=O) groups excluding carboxylic acids is 2. The number of nitrogens with zero attached hydrogens (tertiary/aromatic N) is 2. The van der Waals surface area contributed by atoms with Crippen LogP contribution in [-0.2, 0) is 9.53 Å². The van der Waals surface area contributed by atoms with Crippen LogP contribution in [0.4, 0.5) is 11.4 Å². The minimum absolute atomic E-state index is 0.355. The maximum Gasteiger partial charge on any atom is 0.269 e. The number of hydrogen-bond donors (Lipinski definition) is 2. The quantitative estimate of drug-likeness (QED) is 0.566. The van der Waals surface area contributed by atoms with E-state index >= 15 is 0 Å². The largest absolute Gasteiger partial charge is 0.365 e. The predicted octanol–water partition coefficient (Wildman–Crippen LogP) is 3.63. The van der Waals surface area contributed by atoms with Crippen molar-refractivity contribution in [2.24, 2.45) is 4.99 Å². The molecule has 0 spiro atoms. The van der Waals surface area contributed by atoms with Gasteiger partial charge in [0.25, 0.3) is 11.8 Å². The first-order valence-corrected chi connectivity index (χ1v) is 11.5. The summed E-state index contributed by atoms with van der Waals surface area (Å²) in [7, 11) is 0. The van der Waals surface area contributed by atoms with E-state index < -0.39 is 12.1 Å². The number of aliphatic imine (C=N–C) groups is 1. The van der Waals surface area contributed by atoms with Crippen molar-refractivity contribution in [2.45, 2.75) is 11.7 Å². The van der Waals surface area contributed by atoms with Crippen LogP contribution >= 0.6 is 11.6 Å². The molecule has 8 heteroatoms. The number of carbonyl (C=O) groups is 2. The van der Waals surface area contributed by atoms with Gasteiger partial charge in [-0.05, 0) is 30.3 Å². The standard InChI is InChI=1S/C26H23ClN4O3/c27-22-16-31(14-15-34-22)19-12-10-18(11-13-19)25(32)30-24-26(33)28-21-9-5-4-8-20(21)23(29-24)17-6-2-1-3-7-17/h1-13,22,24H,14-16H2,(H,28,33)(H,30,32). The highest BCUT2D eigenvalue weighted by molar-refractivity contribution is 6.20. The SMILES string of the molecule is O=C(NC1N=C(c2ccccc2)c2ccccc2NC1=O)c1ccc(N2CCOC(Cl)C2)cc1. The number of ether oxygens (including phenoxy) is 1. The van der Waals surface area contributed by atoms with Crippen molar-refractivity contribution in [3.05, 3.63) is 95.6 Å². The molecular weight excluding hydrogens is 452 g/mol. The molecule has 1 fully saturated rings. The summed E-state index contributed by atoms with van der Waals surface area (Å²) in [6, 6.07) is 24.3. The van der Waals surface area contributed by atoms with Gasteiger partial charge in [-0.15, -0.1) is 0 Å². The Morgan fingerprint density at radius 3 is 2.53 bits per heavy atom. The van der Waals surface area contributed by atoms with E-state index in [-0.39, 0.29) is 11.5 Å². The second-order valence-electron chi connectivity index (χ2n) is 8.03. The van der Waals surface area contributed by atoms with Crippen LogP contribution in [0, 0.1) is 0 Å². The molecule has 2 aliphatic heterocycles. The second-order valence-corrected chi connectivity index (χ2v) is 8.52. The summed E-state index contributed by atoms with van der Waals surface area (Å²) in [5.41, 5.74) is 3.98. The minimum atomic E-state index is -1.08. The number of benzodiazepines with no additional fused rings is 1. The predicted molar refractivity (Wildman–Crippen MR) is 133 cm³/mol. The minimum Gasteiger partial charge on any atom is -0.365 e. The number of alkyl halides is 1. The summed E-state index contributed by atoms with van der Waals surface area (Å²) < 4.78 is 5.37. The smallest absolute Gasteiger partial charge is 0.269 e. The van der Waals surface area contributed by atoms with Crippen LogP contribution in [0.2, 0.25) is 0 Å². The van der Waals surface area contributed by atoms with E-state index in [2.05, 4.69) is 20.5 Å². The van der Waals surface area contributed by atoms with Gasteiger partial charge in [0.2, 0.25) is 6.17 Å². The fourth-order valence-corrected chi connectivity index (χ4v) is 4.31. The van der Waals surface area contributed by atoms with Crippen molar-refractivity contribution >= 4 is 40.5 Å². The van der Waals surface area contributed by atoms with Crippen LogP contribution in [0.25, 0.3) is 0 Å². The fourth-order valence-electron chi connectivity index (χ4n) is 4.05. The molecule has 0 radical (unpaired) electrons. The van der Waals surface area contributed by atoms with Crippen LogP contribution < -0.4 is 15.5 Å². The topological polar surface area (TPSA) is 83.0 Å². The Bertz CT molecular complexity index is 1230. The second kappa shape index (κ2) is 9.67. The number of benzene rings is 3. The fraction of sp³-hybridized carbons (Fsp3) is 0.192. The molecule has 2 heterocycles. The Hall–Kier alpha value is -3.68. The Labute approximate surface area is 202 Å². The molecule has 34 heavy (non-hydrogen) atoms. The molecule has 0 aromatic heterocycles. The summed E-state index contributed by atoms with van der Waals surface area (Å²) in [4.78, 5) is 32.7. The summed E-state index contributed by atoms with van der Waals surface area (Å²) >= 11 is 6.09. The molecule has 2 aliphatic rings. The van der Waals surface area contributed by atoms with Crippen molar-refractivity contribution in [1.29, 1.82) is 0 Å². The van der Waals surface area contributed by atoms with Gasteiger partial charge in [-0.3, -0.25) is 9.59 Å². The van der Waals surface area contributed by atoms with Gasteiger partial charge in [0.15, 0.2) is 0 Å². The molecule has 2 atom stereocenters. The van der Waals surface area contributed by atoms with Crippen molar-refractivity contribution in [3.8, 4) is 0 Å². The number of rotatable bonds is 4. The first-order valence-electron chi connectivity index (χ1n) is 11.0. The number of morpholine rings is 1. The number of nitrogens with one attached hydrogen (secondary N) is 2. The molecule has 0 bridgehead atoms. The Balaban J connectivity index is 1.39. The highest BCUT2D eigenvalue weighted by Crippen LogP contribution is 2.24. The summed E-state index contributed by atoms with van der Waals surface area (Å²) in [5.74, 6) is -0.782. The maximum absolute atomic E-state index is 13.0. The Morgan fingerprint density at radius 2 is 1.76 bits per heavy atom. The van der Waals surface area contributed by atoms with Gasteiger partial charge in [0, 0.05) is 28.9 Å². The van der Waals surface area contributed by atoms with Gasteiger partial charge in [-0.1, -0.05) is 60.1 Å². The molecule has 172 valence electrons. The van der Waals surface area contributed by atoms with Crippen molar-refractivity contribution in [1.82, 2.24) is 5.32 Å². The molecule has 1 saturated heterocycles. The molecule has 3 aromatic carbocycles. The average Bonchev–Trinajstić information content (AvgIpc) is 3.01. The van der Waals surface area contributed by atoms with Crippen LogP contribution in [0.15, 0.2) is 83.9 Å². The van der Waals surface area contributed by atoms with Crippen molar-refractivity contribution in [3.63, 3.8) is 0 Å². The third kappa shape index (κ3) is 4.66. The van der Waals surface area contributed by atoms with Crippen LogP contribution in [0.1, 0.15) is 21.5 Å². The molecule has 0 saturated carbocycles. The first-order chi connectivity index (χ1) is 16.6. The number of anilines is 2. The first kappa shape index (κ1) is 22.1. The van der Waals surface area contributed by atoms with E-state index in [4.69, 9.17) is 16.3 Å². The zero-order valence-corrected chi connectivity index (χ0v) is 19.0. The lowest BCUT2D eigenvalue weighted by atomic mass is 10.0. The number of fused-ring (bicyclic) bond motifs is 1. The van der Waals surface area contributed by atoms with Gasteiger partial charge in [0.05, 0.1) is 24.6 Å². The number of hydrogen-bond acceptors (Lipinski definition) is 5. The lowest BCUT2D eigenvalue weighted by Crippen LogP contribution is -2.42. The van der Waals surface area contributed by atoms with Crippen molar-refractivity contribution < 1.29 is 14.3 Å². The lowest BCUT2D eigenvalue weighted by molar-refractivity contribution is -0.117. The number of amides is 2. The van der Waals surface area contributed by atoms with Crippen LogP contribution in [0.3, 0.4) is 0 Å². The van der Waals surface area contributed by atoms with Crippen molar-refractivity contribution in [2.75, 3.05) is 29.9 Å². The average molecular weight is 475 g/mol. The molecule has 0 aliphatic carbocycles. The Kier molecular flexibility index (Phi) is 6.29. The summed E-state index contributed by atoms with van der Waals surface area (Å²) in [6.45, 7) is 1.86. The molecule has 2 unspecified atom stereocenters. The van der Waals surface area contributed by atoms with E-state index in [9.17, 15) is 9.59 Å². The third-order valence-electron chi connectivity index (χ3n) is 5.78. The zero-order valence-electron chi connectivity index (χ0n) is 18.3. The van der Waals surface area contributed by atoms with E-state index in [1.807, 2.05) is 66.7 Å². The number of para-hydroxylation sites is 1. The van der Waals surface area contributed by atoms with E-state index in [1.165, 1.54) is 0 Å². The van der Waals surface area contributed by atoms with E-state index in [1.54, 1.807) is 12.1 Å². The van der Waals surface area contributed by atoms with Gasteiger partial charge in [-0.2, -0.15) is 0 Å². The maximum atomic E-state index is 13.0. The molecule has 3 aromatic rings. The zero-order chi connectivity index (χ0) is 23.5. The van der Waals surface area contributed by atoms with E-state index in [0.29, 0.717) is 30.1 Å². The molecular formula is C26H23ClN4O3. The third-order valence-corrected chi connectivity index (χ3v) is 6.04. The van der Waals surface area contributed by atoms with E-state index in [0.717, 1.165) is 23.4 Å². The van der Waals surface area contributed by atoms with Crippen LogP contribution in [-0.4, -0.2) is 49.0 Å². The van der Waals surface area contributed by atoms with Gasteiger partial charge in [0.1, 0.15) is 5.56 Å². The highest BCUT2D eigenvalue weighted by atomic mass is 35.5. The monoisotopic (exact) mass is 474 g/mol. The lowest BCUT2D eigenvalue weighted by Gasteiger charge is -2.31. The molecule has 2 amide bonds. The normalized spacial score (nSPS) is 20.0. The Morgan fingerprint density at radius 1 is 1.03 bits per heavy atom. The van der Waals surface area contributed by atoms with Gasteiger partial charge < -0.3 is 20.3 Å². The summed E-state index contributed by atoms with van der Waals surface area (Å²) in [6.07, 6.45) is -1.08. The van der Waals surface area contributed by atoms with Gasteiger partial charge in [-0.25, -0.2) is 4.99 Å². The van der Waals surface area contributed by atoms with Gasteiger partial charge >= 0.3 is 0 Å². The van der Waals surface area contributed by atoms with Crippen LogP contribution in [0.5, 0.6) is 0 Å². The molecule has 7 nitrogen and oxygen atoms in total. The molecule has 2 N–H and O–H groups in total.